The maximum Gasteiger partial charge on any atom is 0.324 e. The van der Waals surface area contributed by atoms with Crippen LogP contribution in [0.2, 0.25) is 0 Å². The fraction of sp³-hybridized carbons (Fsp3) is 0.833. The summed E-state index contributed by atoms with van der Waals surface area (Å²) >= 11 is 6.02. The molecule has 98 valence electrons. The SMILES string of the molecule is COC(=O)C(Cl)C1(CC(=O)OC(C)(C)C)CC1. The van der Waals surface area contributed by atoms with E-state index in [-0.39, 0.29) is 12.4 Å². The molecule has 1 aliphatic rings. The molecule has 0 aromatic heterocycles. The summed E-state index contributed by atoms with van der Waals surface area (Å²) in [7, 11) is 1.29. The van der Waals surface area contributed by atoms with Crippen LogP contribution in [0.4, 0.5) is 0 Å². The Morgan fingerprint density at radius 2 is 1.88 bits per heavy atom. The van der Waals surface area contributed by atoms with Gasteiger partial charge in [0.05, 0.1) is 13.5 Å². The first-order valence-electron chi connectivity index (χ1n) is 5.64. The highest BCUT2D eigenvalue weighted by Gasteiger charge is 2.54. The molecule has 1 unspecified atom stereocenters. The summed E-state index contributed by atoms with van der Waals surface area (Å²) < 4.78 is 9.83. The number of carbonyl (C=O) groups is 2. The van der Waals surface area contributed by atoms with E-state index in [0.717, 1.165) is 12.8 Å². The minimum Gasteiger partial charge on any atom is -0.468 e. The molecule has 0 aromatic carbocycles. The van der Waals surface area contributed by atoms with Gasteiger partial charge in [-0.2, -0.15) is 0 Å². The summed E-state index contributed by atoms with van der Waals surface area (Å²) in [6, 6.07) is 0. The molecule has 0 spiro atoms. The molecule has 0 amide bonds. The van der Waals surface area contributed by atoms with Crippen LogP contribution in [0.15, 0.2) is 0 Å². The van der Waals surface area contributed by atoms with Crippen LogP contribution in [0, 0.1) is 5.41 Å². The Kier molecular flexibility index (Phi) is 4.07. The lowest BCUT2D eigenvalue weighted by Gasteiger charge is -2.23. The highest BCUT2D eigenvalue weighted by molar-refractivity contribution is 6.30. The second-order valence-corrected chi connectivity index (χ2v) is 5.95. The van der Waals surface area contributed by atoms with Crippen molar-refractivity contribution in [1.82, 2.24) is 0 Å². The lowest BCUT2D eigenvalue weighted by molar-refractivity contribution is -0.156. The Balaban J connectivity index is 2.56. The topological polar surface area (TPSA) is 52.6 Å². The molecule has 0 N–H and O–H groups in total. The molecule has 5 heteroatoms. The average molecular weight is 263 g/mol. The number of ether oxygens (including phenoxy) is 2. The van der Waals surface area contributed by atoms with Crippen LogP contribution in [0.25, 0.3) is 0 Å². The van der Waals surface area contributed by atoms with Crippen LogP contribution >= 0.6 is 11.6 Å². The monoisotopic (exact) mass is 262 g/mol. The first-order chi connectivity index (χ1) is 7.70. The molecule has 1 fully saturated rings. The Morgan fingerprint density at radius 1 is 1.35 bits per heavy atom. The van der Waals surface area contributed by atoms with Crippen molar-refractivity contribution >= 4 is 23.5 Å². The third-order valence-corrected chi connectivity index (χ3v) is 3.40. The van der Waals surface area contributed by atoms with Crippen molar-refractivity contribution in [3.63, 3.8) is 0 Å². The number of carbonyl (C=O) groups excluding carboxylic acids is 2. The molecule has 0 saturated heterocycles. The molecular weight excluding hydrogens is 244 g/mol. The van der Waals surface area contributed by atoms with Crippen molar-refractivity contribution in [2.45, 2.75) is 51.0 Å². The molecule has 4 nitrogen and oxygen atoms in total. The Labute approximate surface area is 107 Å². The molecule has 1 aliphatic carbocycles. The molecule has 17 heavy (non-hydrogen) atoms. The average Bonchev–Trinajstić information content (AvgIpc) is 2.93. The normalized spacial score (nSPS) is 19.4. The van der Waals surface area contributed by atoms with Gasteiger partial charge in [0.2, 0.25) is 0 Å². The molecule has 0 aliphatic heterocycles. The number of esters is 2. The number of hydrogen-bond donors (Lipinski definition) is 0. The van der Waals surface area contributed by atoms with E-state index in [0.29, 0.717) is 0 Å². The van der Waals surface area contributed by atoms with Gasteiger partial charge in [0.15, 0.2) is 0 Å². The minimum absolute atomic E-state index is 0.174. The Bertz CT molecular complexity index is 315. The number of hydrogen-bond acceptors (Lipinski definition) is 4. The van der Waals surface area contributed by atoms with Gasteiger partial charge >= 0.3 is 11.9 Å². The summed E-state index contributed by atoms with van der Waals surface area (Å²) in [5.41, 5.74) is -0.975. The predicted octanol–water partition coefficient (Wildman–Crippen LogP) is 2.28. The number of alkyl halides is 1. The van der Waals surface area contributed by atoms with Gasteiger partial charge in [-0.15, -0.1) is 11.6 Å². The fourth-order valence-electron chi connectivity index (χ4n) is 1.70. The quantitative estimate of drug-likeness (QED) is 0.576. The third-order valence-electron chi connectivity index (χ3n) is 2.75. The van der Waals surface area contributed by atoms with Crippen molar-refractivity contribution in [1.29, 1.82) is 0 Å². The van der Waals surface area contributed by atoms with E-state index in [2.05, 4.69) is 4.74 Å². The maximum absolute atomic E-state index is 11.7. The Morgan fingerprint density at radius 3 is 2.24 bits per heavy atom. The first-order valence-corrected chi connectivity index (χ1v) is 6.08. The summed E-state index contributed by atoms with van der Waals surface area (Å²) in [6.07, 6.45) is 1.69. The summed E-state index contributed by atoms with van der Waals surface area (Å²) in [6.45, 7) is 5.43. The van der Waals surface area contributed by atoms with Crippen LogP contribution in [0.3, 0.4) is 0 Å². The summed E-state index contributed by atoms with van der Waals surface area (Å²) in [5.74, 6) is -0.794. The Hall–Kier alpha value is -0.770. The number of methoxy groups -OCH3 is 1. The predicted molar refractivity (Wildman–Crippen MR) is 63.8 cm³/mol. The number of halogens is 1. The van der Waals surface area contributed by atoms with Crippen LogP contribution in [0.5, 0.6) is 0 Å². The fourth-order valence-corrected chi connectivity index (χ4v) is 2.08. The van der Waals surface area contributed by atoms with Crippen molar-refractivity contribution in [2.24, 2.45) is 5.41 Å². The zero-order chi connectivity index (χ0) is 13.3. The smallest absolute Gasteiger partial charge is 0.324 e. The van der Waals surface area contributed by atoms with Gasteiger partial charge in [0.25, 0.3) is 0 Å². The van der Waals surface area contributed by atoms with Gasteiger partial charge in [0.1, 0.15) is 11.0 Å². The number of rotatable bonds is 4. The maximum atomic E-state index is 11.7. The first kappa shape index (κ1) is 14.3. The lowest BCUT2D eigenvalue weighted by Crippen LogP contribution is -2.32. The molecule has 1 atom stereocenters. The van der Waals surface area contributed by atoms with E-state index in [1.54, 1.807) is 0 Å². The standard InChI is InChI=1S/C12H19ClO4/c1-11(2,3)17-8(14)7-12(5-6-12)9(13)10(15)16-4/h9H,5-7H2,1-4H3. The van der Waals surface area contributed by atoms with Gasteiger partial charge in [-0.25, -0.2) is 0 Å². The summed E-state index contributed by atoms with van der Waals surface area (Å²) in [4.78, 5) is 23.1. The van der Waals surface area contributed by atoms with E-state index in [1.807, 2.05) is 20.8 Å². The molecule has 0 aromatic rings. The third kappa shape index (κ3) is 3.87. The highest BCUT2D eigenvalue weighted by atomic mass is 35.5. The van der Waals surface area contributed by atoms with Crippen LogP contribution in [-0.4, -0.2) is 30.0 Å². The van der Waals surface area contributed by atoms with Crippen molar-refractivity contribution in [3.05, 3.63) is 0 Å². The lowest BCUT2D eigenvalue weighted by atomic mass is 9.97. The van der Waals surface area contributed by atoms with Gasteiger partial charge < -0.3 is 9.47 Å². The second kappa shape index (κ2) is 4.84. The minimum atomic E-state index is -0.764. The van der Waals surface area contributed by atoms with Crippen molar-refractivity contribution in [3.8, 4) is 0 Å². The van der Waals surface area contributed by atoms with Gasteiger partial charge in [-0.05, 0) is 33.6 Å². The van der Waals surface area contributed by atoms with E-state index in [4.69, 9.17) is 16.3 Å². The van der Waals surface area contributed by atoms with Crippen LogP contribution in [0.1, 0.15) is 40.0 Å². The van der Waals surface area contributed by atoms with Gasteiger partial charge in [0, 0.05) is 5.41 Å². The molecule has 0 heterocycles. The molecule has 0 bridgehead atoms. The van der Waals surface area contributed by atoms with E-state index < -0.39 is 22.4 Å². The largest absolute Gasteiger partial charge is 0.468 e. The zero-order valence-corrected chi connectivity index (χ0v) is 11.5. The van der Waals surface area contributed by atoms with Crippen LogP contribution in [-0.2, 0) is 19.1 Å². The van der Waals surface area contributed by atoms with Crippen molar-refractivity contribution < 1.29 is 19.1 Å². The highest BCUT2D eigenvalue weighted by Crippen LogP contribution is 2.54. The molecular formula is C12H19ClO4. The van der Waals surface area contributed by atoms with Crippen molar-refractivity contribution in [2.75, 3.05) is 7.11 Å². The van der Waals surface area contributed by atoms with Gasteiger partial charge in [-0.1, -0.05) is 0 Å². The van der Waals surface area contributed by atoms with E-state index >= 15 is 0 Å². The molecule has 1 rings (SSSR count). The second-order valence-electron chi connectivity index (χ2n) is 5.51. The molecule has 0 radical (unpaired) electrons. The van der Waals surface area contributed by atoms with Crippen LogP contribution < -0.4 is 0 Å². The van der Waals surface area contributed by atoms with Gasteiger partial charge in [-0.3, -0.25) is 9.59 Å². The van der Waals surface area contributed by atoms with E-state index in [9.17, 15) is 9.59 Å². The molecule has 1 saturated carbocycles. The van der Waals surface area contributed by atoms with E-state index in [1.165, 1.54) is 7.11 Å². The summed E-state index contributed by atoms with van der Waals surface area (Å²) in [5, 5.41) is -0.764. The zero-order valence-electron chi connectivity index (χ0n) is 10.7.